The summed E-state index contributed by atoms with van der Waals surface area (Å²) in [6, 6.07) is 10.2. The summed E-state index contributed by atoms with van der Waals surface area (Å²) in [5.41, 5.74) is 2.37. The van der Waals surface area contributed by atoms with E-state index in [1.54, 1.807) is 0 Å². The molecule has 0 aliphatic rings. The second-order valence-corrected chi connectivity index (χ2v) is 3.95. The van der Waals surface area contributed by atoms with Gasteiger partial charge in [-0.25, -0.2) is 0 Å². The third-order valence-corrected chi connectivity index (χ3v) is 1.87. The van der Waals surface area contributed by atoms with Crippen molar-refractivity contribution in [2.45, 2.75) is 13.8 Å². The summed E-state index contributed by atoms with van der Waals surface area (Å²) in [5.74, 6) is 0. The molecule has 0 unspecified atom stereocenters. The first kappa shape index (κ1) is 10.2. The van der Waals surface area contributed by atoms with Gasteiger partial charge < -0.3 is 0 Å². The minimum absolute atomic E-state index is 0.891. The molecule has 0 saturated heterocycles. The molecule has 1 aromatic rings. The summed E-state index contributed by atoms with van der Waals surface area (Å²) < 4.78 is 0.891. The van der Waals surface area contributed by atoms with Crippen LogP contribution in [-0.2, 0) is 0 Å². The SMILES string of the molecule is CC(Br)=N/C=C(\C)c1ccccc1. The van der Waals surface area contributed by atoms with Gasteiger partial charge in [0.1, 0.15) is 0 Å². The minimum atomic E-state index is 0.891. The van der Waals surface area contributed by atoms with E-state index in [-0.39, 0.29) is 0 Å². The molecule has 2 heteroatoms. The molecule has 0 radical (unpaired) electrons. The molecule has 0 aromatic heterocycles. The van der Waals surface area contributed by atoms with Gasteiger partial charge in [-0.05, 0) is 40.9 Å². The van der Waals surface area contributed by atoms with E-state index >= 15 is 0 Å². The van der Waals surface area contributed by atoms with Crippen molar-refractivity contribution in [3.8, 4) is 0 Å². The van der Waals surface area contributed by atoms with E-state index in [0.717, 1.165) is 4.62 Å². The van der Waals surface area contributed by atoms with Crippen LogP contribution in [0.2, 0.25) is 0 Å². The molecule has 0 aliphatic heterocycles. The second-order valence-electron chi connectivity index (χ2n) is 2.80. The summed E-state index contributed by atoms with van der Waals surface area (Å²) in [5, 5.41) is 0. The maximum atomic E-state index is 4.17. The van der Waals surface area contributed by atoms with E-state index in [4.69, 9.17) is 0 Å². The number of allylic oxidation sites excluding steroid dienone is 1. The molecule has 0 atom stereocenters. The van der Waals surface area contributed by atoms with Crippen LogP contribution < -0.4 is 0 Å². The van der Waals surface area contributed by atoms with Gasteiger partial charge in [0.25, 0.3) is 0 Å². The quantitative estimate of drug-likeness (QED) is 0.693. The molecule has 0 bridgehead atoms. The monoisotopic (exact) mass is 237 g/mol. The van der Waals surface area contributed by atoms with E-state index in [2.05, 4.69) is 40.0 Å². The van der Waals surface area contributed by atoms with Gasteiger partial charge in [0, 0.05) is 6.20 Å². The molecule has 0 heterocycles. The first-order chi connectivity index (χ1) is 6.20. The summed E-state index contributed by atoms with van der Waals surface area (Å²) >= 11 is 3.28. The van der Waals surface area contributed by atoms with E-state index < -0.39 is 0 Å². The molecule has 0 N–H and O–H groups in total. The highest BCUT2D eigenvalue weighted by Gasteiger charge is 1.91. The lowest BCUT2D eigenvalue weighted by atomic mass is 10.1. The molecule has 1 rings (SSSR count). The lowest BCUT2D eigenvalue weighted by Gasteiger charge is -1.97. The zero-order valence-corrected chi connectivity index (χ0v) is 9.38. The molecule has 13 heavy (non-hydrogen) atoms. The number of benzene rings is 1. The zero-order valence-electron chi connectivity index (χ0n) is 7.79. The Kier molecular flexibility index (Phi) is 3.90. The minimum Gasteiger partial charge on any atom is -0.254 e. The van der Waals surface area contributed by atoms with Gasteiger partial charge in [-0.15, -0.1) is 0 Å². The predicted molar refractivity (Wildman–Crippen MR) is 62.1 cm³/mol. The number of halogens is 1. The van der Waals surface area contributed by atoms with Gasteiger partial charge in [0.05, 0.1) is 4.62 Å². The van der Waals surface area contributed by atoms with Crippen LogP contribution >= 0.6 is 15.9 Å². The van der Waals surface area contributed by atoms with E-state index in [1.165, 1.54) is 11.1 Å². The van der Waals surface area contributed by atoms with Gasteiger partial charge >= 0.3 is 0 Å². The van der Waals surface area contributed by atoms with Crippen LogP contribution in [0.25, 0.3) is 5.57 Å². The standard InChI is InChI=1S/C11H12BrN/c1-9(8-13-10(2)12)11-6-4-3-5-7-11/h3-8H,1-2H3/b9-8+,13-10?. The van der Waals surface area contributed by atoms with Crippen molar-refractivity contribution in [3.05, 3.63) is 42.1 Å². The average molecular weight is 238 g/mol. The van der Waals surface area contributed by atoms with Crippen LogP contribution in [0.1, 0.15) is 19.4 Å². The van der Waals surface area contributed by atoms with Crippen molar-refractivity contribution in [3.63, 3.8) is 0 Å². The topological polar surface area (TPSA) is 12.4 Å². The fraction of sp³-hybridized carbons (Fsp3) is 0.182. The second kappa shape index (κ2) is 4.97. The molecule has 1 aromatic carbocycles. The maximum Gasteiger partial charge on any atom is 0.0798 e. The Morgan fingerprint density at radius 3 is 2.38 bits per heavy atom. The van der Waals surface area contributed by atoms with Crippen molar-refractivity contribution in [1.82, 2.24) is 0 Å². The van der Waals surface area contributed by atoms with E-state index in [1.807, 2.05) is 31.3 Å². The Labute approximate surface area is 87.3 Å². The first-order valence-electron chi connectivity index (χ1n) is 4.12. The molecule has 0 amide bonds. The van der Waals surface area contributed by atoms with Crippen LogP contribution in [0.5, 0.6) is 0 Å². The number of rotatable bonds is 2. The maximum absolute atomic E-state index is 4.17. The van der Waals surface area contributed by atoms with E-state index in [9.17, 15) is 0 Å². The summed E-state index contributed by atoms with van der Waals surface area (Å²) in [7, 11) is 0. The predicted octanol–water partition coefficient (Wildman–Crippen LogP) is 3.86. The van der Waals surface area contributed by atoms with Crippen LogP contribution in [0.3, 0.4) is 0 Å². The Morgan fingerprint density at radius 2 is 1.85 bits per heavy atom. The van der Waals surface area contributed by atoms with Gasteiger partial charge in [0.15, 0.2) is 0 Å². The molecule has 0 saturated carbocycles. The van der Waals surface area contributed by atoms with Crippen LogP contribution in [-0.4, -0.2) is 4.62 Å². The fourth-order valence-electron chi connectivity index (χ4n) is 0.961. The normalized spacial score (nSPS) is 13.2. The Bertz CT molecular complexity index is 321. The zero-order chi connectivity index (χ0) is 9.68. The molecule has 1 nitrogen and oxygen atoms in total. The molecule has 0 aliphatic carbocycles. The molecule has 0 spiro atoms. The largest absolute Gasteiger partial charge is 0.254 e. The number of nitrogens with zero attached hydrogens (tertiary/aromatic N) is 1. The van der Waals surface area contributed by atoms with Crippen molar-refractivity contribution in [2.24, 2.45) is 4.99 Å². The molecular weight excluding hydrogens is 226 g/mol. The third kappa shape index (κ3) is 3.55. The van der Waals surface area contributed by atoms with Crippen molar-refractivity contribution >= 4 is 26.1 Å². The number of hydrogen-bond donors (Lipinski definition) is 0. The van der Waals surface area contributed by atoms with Gasteiger partial charge in [-0.2, -0.15) is 0 Å². The average Bonchev–Trinajstić information content (AvgIpc) is 2.15. The molecule has 0 fully saturated rings. The first-order valence-corrected chi connectivity index (χ1v) is 4.91. The Morgan fingerprint density at radius 1 is 1.23 bits per heavy atom. The van der Waals surface area contributed by atoms with Gasteiger partial charge in [0.2, 0.25) is 0 Å². The number of aliphatic imine (C=N–C) groups is 1. The lowest BCUT2D eigenvalue weighted by Crippen LogP contribution is -1.78. The third-order valence-electron chi connectivity index (χ3n) is 1.67. The Balaban J connectivity index is 2.86. The van der Waals surface area contributed by atoms with Crippen LogP contribution in [0, 0.1) is 0 Å². The number of hydrogen-bond acceptors (Lipinski definition) is 1. The summed E-state index contributed by atoms with van der Waals surface area (Å²) in [6.45, 7) is 3.96. The fourth-order valence-corrected chi connectivity index (χ4v) is 1.06. The molecular formula is C11H12BrN. The smallest absolute Gasteiger partial charge is 0.0798 e. The highest BCUT2D eigenvalue weighted by Crippen LogP contribution is 2.12. The van der Waals surface area contributed by atoms with Crippen LogP contribution in [0.15, 0.2) is 41.5 Å². The summed E-state index contributed by atoms with van der Waals surface area (Å²) in [6.07, 6.45) is 1.86. The summed E-state index contributed by atoms with van der Waals surface area (Å²) in [4.78, 5) is 4.17. The van der Waals surface area contributed by atoms with Gasteiger partial charge in [-0.3, -0.25) is 4.99 Å². The highest BCUT2D eigenvalue weighted by molar-refractivity contribution is 9.18. The van der Waals surface area contributed by atoms with E-state index in [0.29, 0.717) is 0 Å². The van der Waals surface area contributed by atoms with Crippen molar-refractivity contribution in [2.75, 3.05) is 0 Å². The Hall–Kier alpha value is -0.890. The van der Waals surface area contributed by atoms with Crippen molar-refractivity contribution in [1.29, 1.82) is 0 Å². The molecule has 68 valence electrons. The van der Waals surface area contributed by atoms with Crippen molar-refractivity contribution < 1.29 is 0 Å². The van der Waals surface area contributed by atoms with Gasteiger partial charge in [-0.1, -0.05) is 30.3 Å². The van der Waals surface area contributed by atoms with Crippen LogP contribution in [0.4, 0.5) is 0 Å². The highest BCUT2D eigenvalue weighted by atomic mass is 79.9. The lowest BCUT2D eigenvalue weighted by molar-refractivity contribution is 1.50.